The third kappa shape index (κ3) is 20.3. The first-order valence-electron chi connectivity index (χ1n) is 13.0. The minimum Gasteiger partial charge on any atom is -0.393 e. The molecule has 7 heteroatoms. The Labute approximate surface area is 196 Å². The molecule has 0 amide bonds. The van der Waals surface area contributed by atoms with Crippen LogP contribution in [0.15, 0.2) is 0 Å². The molecule has 0 aromatic rings. The van der Waals surface area contributed by atoms with Crippen molar-refractivity contribution in [3.63, 3.8) is 0 Å². The van der Waals surface area contributed by atoms with E-state index in [1.165, 1.54) is 77.6 Å². The monoisotopic (exact) mass is 464 g/mol. The molecular weight excluding hydrogens is 412 g/mol. The third-order valence-corrected chi connectivity index (χ3v) is 5.76. The standard InChI is InChI=1S/C25H52O7/c1-3-4-5-6-7-8-9-10-11-12-13-14-15-16-22(28)17-18-31-25(30)23(19-21(2)27)32-24(29)20-26/h21-30H,3-20H2,1-2H3. The van der Waals surface area contributed by atoms with Gasteiger partial charge in [-0.1, -0.05) is 90.4 Å². The quantitative estimate of drug-likeness (QED) is 0.108. The fourth-order valence-corrected chi connectivity index (χ4v) is 3.79. The van der Waals surface area contributed by atoms with Gasteiger partial charge >= 0.3 is 0 Å². The molecule has 32 heavy (non-hydrogen) atoms. The maximum absolute atomic E-state index is 10.1. The lowest BCUT2D eigenvalue weighted by Gasteiger charge is -2.26. The van der Waals surface area contributed by atoms with E-state index in [0.29, 0.717) is 12.8 Å². The van der Waals surface area contributed by atoms with Crippen LogP contribution in [0.25, 0.3) is 0 Å². The second kappa shape index (κ2) is 22.5. The second-order valence-corrected chi connectivity index (χ2v) is 9.13. The second-order valence-electron chi connectivity index (χ2n) is 9.13. The molecule has 0 heterocycles. The van der Waals surface area contributed by atoms with Crippen molar-refractivity contribution in [3.05, 3.63) is 0 Å². The molecule has 0 rings (SSSR count). The minimum atomic E-state index is -1.45. The van der Waals surface area contributed by atoms with Gasteiger partial charge in [0.25, 0.3) is 0 Å². The molecule has 5 atom stereocenters. The molecule has 0 spiro atoms. The Morgan fingerprint density at radius 3 is 1.66 bits per heavy atom. The molecule has 5 unspecified atom stereocenters. The van der Waals surface area contributed by atoms with E-state index >= 15 is 0 Å². The molecule has 0 aromatic carbocycles. The van der Waals surface area contributed by atoms with Gasteiger partial charge in [0, 0.05) is 6.42 Å². The van der Waals surface area contributed by atoms with Gasteiger partial charge in [-0.3, -0.25) is 0 Å². The van der Waals surface area contributed by atoms with E-state index in [1.807, 2.05) is 0 Å². The van der Waals surface area contributed by atoms with Crippen molar-refractivity contribution in [1.82, 2.24) is 0 Å². The van der Waals surface area contributed by atoms with Crippen LogP contribution in [-0.2, 0) is 9.47 Å². The topological polar surface area (TPSA) is 120 Å². The summed E-state index contributed by atoms with van der Waals surface area (Å²) in [4.78, 5) is 0. The van der Waals surface area contributed by atoms with Gasteiger partial charge < -0.3 is 35.0 Å². The summed E-state index contributed by atoms with van der Waals surface area (Å²) in [6.45, 7) is 3.33. The van der Waals surface area contributed by atoms with Crippen molar-refractivity contribution >= 4 is 0 Å². The van der Waals surface area contributed by atoms with Gasteiger partial charge in [0.1, 0.15) is 6.10 Å². The van der Waals surface area contributed by atoms with E-state index < -0.39 is 37.5 Å². The van der Waals surface area contributed by atoms with Crippen molar-refractivity contribution in [3.8, 4) is 0 Å². The molecule has 0 bridgehead atoms. The summed E-state index contributed by atoms with van der Waals surface area (Å²) in [5.74, 6) is 0. The number of aliphatic hydroxyl groups excluding tert-OH is 5. The van der Waals surface area contributed by atoms with Crippen molar-refractivity contribution in [1.29, 1.82) is 0 Å². The fraction of sp³-hybridized carbons (Fsp3) is 1.00. The predicted molar refractivity (Wildman–Crippen MR) is 127 cm³/mol. The van der Waals surface area contributed by atoms with Gasteiger partial charge in [0.15, 0.2) is 12.6 Å². The summed E-state index contributed by atoms with van der Waals surface area (Å²) >= 11 is 0. The number of ether oxygens (including phenoxy) is 2. The molecule has 0 fully saturated rings. The van der Waals surface area contributed by atoms with Gasteiger partial charge in [-0.25, -0.2) is 0 Å². The highest BCUT2D eigenvalue weighted by molar-refractivity contribution is 4.67. The van der Waals surface area contributed by atoms with Crippen LogP contribution in [0.2, 0.25) is 0 Å². The van der Waals surface area contributed by atoms with Crippen LogP contribution in [-0.4, -0.2) is 69.6 Å². The first-order valence-corrected chi connectivity index (χ1v) is 13.0. The Kier molecular flexibility index (Phi) is 22.3. The number of rotatable bonds is 24. The molecule has 7 nitrogen and oxygen atoms in total. The molecule has 0 aliphatic heterocycles. The molecule has 0 radical (unpaired) electrons. The Hall–Kier alpha value is -0.280. The van der Waals surface area contributed by atoms with Gasteiger partial charge in [0.2, 0.25) is 0 Å². The molecule has 0 aromatic heterocycles. The van der Waals surface area contributed by atoms with Crippen LogP contribution in [0, 0.1) is 0 Å². The average Bonchev–Trinajstić information content (AvgIpc) is 2.75. The lowest BCUT2D eigenvalue weighted by atomic mass is 10.0. The van der Waals surface area contributed by atoms with Gasteiger partial charge in [-0.2, -0.15) is 0 Å². The predicted octanol–water partition coefficient (Wildman–Crippen LogP) is 4.02. The van der Waals surface area contributed by atoms with E-state index in [2.05, 4.69) is 6.92 Å². The Morgan fingerprint density at radius 1 is 0.688 bits per heavy atom. The highest BCUT2D eigenvalue weighted by Crippen LogP contribution is 2.15. The summed E-state index contributed by atoms with van der Waals surface area (Å²) < 4.78 is 10.4. The highest BCUT2D eigenvalue weighted by Gasteiger charge is 2.25. The SMILES string of the molecule is CCCCCCCCCCCCCCCC(O)CCOC(O)C(CC(C)O)OC(O)CO. The van der Waals surface area contributed by atoms with Gasteiger partial charge in [0.05, 0.1) is 25.4 Å². The summed E-state index contributed by atoms with van der Waals surface area (Å²) in [6, 6.07) is 0. The first kappa shape index (κ1) is 31.7. The average molecular weight is 465 g/mol. The van der Waals surface area contributed by atoms with E-state index in [0.717, 1.165) is 12.8 Å². The van der Waals surface area contributed by atoms with Crippen molar-refractivity contribution < 1.29 is 35.0 Å². The molecular formula is C25H52O7. The van der Waals surface area contributed by atoms with Crippen LogP contribution in [0.1, 0.15) is 117 Å². The molecule has 0 aliphatic carbocycles. The van der Waals surface area contributed by atoms with Gasteiger partial charge in [-0.15, -0.1) is 0 Å². The summed E-state index contributed by atoms with van der Waals surface area (Å²) in [5, 5.41) is 47.9. The van der Waals surface area contributed by atoms with E-state index in [9.17, 15) is 20.4 Å². The Bertz CT molecular complexity index is 381. The van der Waals surface area contributed by atoms with E-state index in [-0.39, 0.29) is 13.0 Å². The normalized spacial score (nSPS) is 16.6. The van der Waals surface area contributed by atoms with Crippen LogP contribution in [0.4, 0.5) is 0 Å². The number of hydrogen-bond acceptors (Lipinski definition) is 7. The largest absolute Gasteiger partial charge is 0.393 e. The smallest absolute Gasteiger partial charge is 0.181 e. The third-order valence-electron chi connectivity index (χ3n) is 5.76. The summed E-state index contributed by atoms with van der Waals surface area (Å²) in [5.41, 5.74) is 0. The molecule has 5 N–H and O–H groups in total. The van der Waals surface area contributed by atoms with Crippen molar-refractivity contribution in [2.24, 2.45) is 0 Å². The number of hydrogen-bond donors (Lipinski definition) is 5. The van der Waals surface area contributed by atoms with E-state index in [4.69, 9.17) is 14.6 Å². The molecule has 0 saturated heterocycles. The van der Waals surface area contributed by atoms with Crippen LogP contribution in [0.3, 0.4) is 0 Å². The Balaban J connectivity index is 3.64. The van der Waals surface area contributed by atoms with Gasteiger partial charge in [-0.05, 0) is 19.8 Å². The fourth-order valence-electron chi connectivity index (χ4n) is 3.79. The first-order chi connectivity index (χ1) is 15.4. The number of unbranched alkanes of at least 4 members (excludes halogenated alkanes) is 12. The zero-order valence-electron chi connectivity index (χ0n) is 20.7. The number of aliphatic hydroxyl groups is 5. The summed E-state index contributed by atoms with van der Waals surface area (Å²) in [7, 11) is 0. The van der Waals surface area contributed by atoms with E-state index in [1.54, 1.807) is 0 Å². The zero-order valence-corrected chi connectivity index (χ0v) is 20.7. The lowest BCUT2D eigenvalue weighted by Crippen LogP contribution is -2.38. The zero-order chi connectivity index (χ0) is 24.0. The molecule has 0 aliphatic rings. The Morgan fingerprint density at radius 2 is 1.19 bits per heavy atom. The maximum Gasteiger partial charge on any atom is 0.181 e. The van der Waals surface area contributed by atoms with Crippen LogP contribution < -0.4 is 0 Å². The maximum atomic E-state index is 10.1. The van der Waals surface area contributed by atoms with Crippen molar-refractivity contribution in [2.45, 2.75) is 147 Å². The lowest BCUT2D eigenvalue weighted by molar-refractivity contribution is -0.241. The summed E-state index contributed by atoms with van der Waals surface area (Å²) in [6.07, 6.45) is 13.0. The van der Waals surface area contributed by atoms with Crippen molar-refractivity contribution in [2.75, 3.05) is 13.2 Å². The molecule has 0 saturated carbocycles. The van der Waals surface area contributed by atoms with Crippen LogP contribution in [0.5, 0.6) is 0 Å². The molecule has 194 valence electrons. The minimum absolute atomic E-state index is 0.0553. The highest BCUT2D eigenvalue weighted by atomic mass is 16.7. The van der Waals surface area contributed by atoms with Crippen LogP contribution >= 0.6 is 0 Å².